The van der Waals surface area contributed by atoms with Gasteiger partial charge in [0.15, 0.2) is 0 Å². The van der Waals surface area contributed by atoms with Crippen molar-refractivity contribution in [2.75, 3.05) is 16.8 Å². The fourth-order valence-electron chi connectivity index (χ4n) is 3.36. The number of fused-ring (bicyclic) bond motifs is 1. The SMILES string of the molecule is CCC1CC(C)c2cc(C)c(NC(C)=O)cc2N1CC. The van der Waals surface area contributed by atoms with Gasteiger partial charge < -0.3 is 10.2 Å². The van der Waals surface area contributed by atoms with Crippen molar-refractivity contribution in [3.8, 4) is 0 Å². The molecule has 3 nitrogen and oxygen atoms in total. The van der Waals surface area contributed by atoms with Crippen LogP contribution in [0.25, 0.3) is 0 Å². The number of hydrogen-bond donors (Lipinski definition) is 1. The van der Waals surface area contributed by atoms with Crippen LogP contribution in [-0.2, 0) is 4.79 Å². The monoisotopic (exact) mass is 274 g/mol. The molecule has 1 aliphatic rings. The number of nitrogens with zero attached hydrogens (tertiary/aromatic N) is 1. The minimum atomic E-state index is -0.00741. The van der Waals surface area contributed by atoms with Crippen LogP contribution in [0.5, 0.6) is 0 Å². The lowest BCUT2D eigenvalue weighted by Crippen LogP contribution is -2.39. The second-order valence-electron chi connectivity index (χ2n) is 5.89. The van der Waals surface area contributed by atoms with Crippen LogP contribution in [0.15, 0.2) is 12.1 Å². The Hall–Kier alpha value is -1.51. The Bertz CT molecular complexity index is 510. The van der Waals surface area contributed by atoms with Gasteiger partial charge in [-0.25, -0.2) is 0 Å². The molecule has 110 valence electrons. The third kappa shape index (κ3) is 2.67. The summed E-state index contributed by atoms with van der Waals surface area (Å²) in [5.74, 6) is 0.579. The minimum absolute atomic E-state index is 0.00741. The highest BCUT2D eigenvalue weighted by molar-refractivity contribution is 5.90. The molecule has 0 bridgehead atoms. The third-order valence-corrected chi connectivity index (χ3v) is 4.40. The van der Waals surface area contributed by atoms with Gasteiger partial charge in [0.25, 0.3) is 0 Å². The van der Waals surface area contributed by atoms with Crippen molar-refractivity contribution in [1.29, 1.82) is 0 Å². The summed E-state index contributed by atoms with van der Waals surface area (Å²) in [7, 11) is 0. The van der Waals surface area contributed by atoms with Crippen LogP contribution < -0.4 is 10.2 Å². The van der Waals surface area contributed by atoms with Gasteiger partial charge in [-0.05, 0) is 49.8 Å². The van der Waals surface area contributed by atoms with E-state index in [2.05, 4.69) is 50.0 Å². The van der Waals surface area contributed by atoms with Crippen molar-refractivity contribution in [3.05, 3.63) is 23.3 Å². The van der Waals surface area contributed by atoms with Gasteiger partial charge in [0.2, 0.25) is 5.91 Å². The Labute approximate surface area is 122 Å². The molecule has 0 fully saturated rings. The fraction of sp³-hybridized carbons (Fsp3) is 0.588. The maximum Gasteiger partial charge on any atom is 0.221 e. The van der Waals surface area contributed by atoms with Crippen LogP contribution in [0.3, 0.4) is 0 Å². The van der Waals surface area contributed by atoms with Crippen LogP contribution in [0.4, 0.5) is 11.4 Å². The first-order valence-corrected chi connectivity index (χ1v) is 7.66. The van der Waals surface area contributed by atoms with Gasteiger partial charge in [0, 0.05) is 30.9 Å². The van der Waals surface area contributed by atoms with E-state index in [9.17, 15) is 4.79 Å². The molecule has 1 heterocycles. The predicted molar refractivity (Wildman–Crippen MR) is 85.6 cm³/mol. The van der Waals surface area contributed by atoms with E-state index >= 15 is 0 Å². The maximum atomic E-state index is 11.3. The number of amides is 1. The molecular weight excluding hydrogens is 248 g/mol. The summed E-state index contributed by atoms with van der Waals surface area (Å²) in [6.45, 7) is 11.4. The number of carbonyl (C=O) groups excluding carboxylic acids is 1. The van der Waals surface area contributed by atoms with Crippen molar-refractivity contribution in [2.24, 2.45) is 0 Å². The van der Waals surface area contributed by atoms with E-state index in [-0.39, 0.29) is 5.91 Å². The van der Waals surface area contributed by atoms with Crippen molar-refractivity contribution < 1.29 is 4.79 Å². The highest BCUT2D eigenvalue weighted by Gasteiger charge is 2.29. The molecule has 1 aromatic rings. The van der Waals surface area contributed by atoms with Crippen LogP contribution in [0, 0.1) is 6.92 Å². The zero-order valence-corrected chi connectivity index (χ0v) is 13.3. The average Bonchev–Trinajstić information content (AvgIpc) is 2.39. The lowest BCUT2D eigenvalue weighted by Gasteiger charge is -2.41. The highest BCUT2D eigenvalue weighted by Crippen LogP contribution is 2.41. The third-order valence-electron chi connectivity index (χ3n) is 4.40. The van der Waals surface area contributed by atoms with Gasteiger partial charge in [-0.15, -0.1) is 0 Å². The standard InChI is InChI=1S/C17H26N2O/c1-6-14-8-11(3)15-9-12(4)16(18-13(5)20)10-17(15)19(14)7-2/h9-11,14H,6-8H2,1-5H3,(H,18,20). The topological polar surface area (TPSA) is 32.3 Å². The normalized spacial score (nSPS) is 21.6. The average molecular weight is 274 g/mol. The number of rotatable bonds is 3. The Morgan fingerprint density at radius 2 is 2.10 bits per heavy atom. The zero-order chi connectivity index (χ0) is 14.9. The summed E-state index contributed by atoms with van der Waals surface area (Å²) in [5, 5.41) is 2.95. The van der Waals surface area contributed by atoms with Gasteiger partial charge in [0.1, 0.15) is 0 Å². The number of hydrogen-bond acceptors (Lipinski definition) is 2. The number of aryl methyl sites for hydroxylation is 1. The van der Waals surface area contributed by atoms with E-state index in [0.29, 0.717) is 12.0 Å². The van der Waals surface area contributed by atoms with Crippen molar-refractivity contribution in [1.82, 2.24) is 0 Å². The van der Waals surface area contributed by atoms with Crippen molar-refractivity contribution in [2.45, 2.75) is 59.4 Å². The number of carbonyl (C=O) groups is 1. The lowest BCUT2D eigenvalue weighted by atomic mass is 9.84. The molecule has 0 saturated heterocycles. The van der Waals surface area contributed by atoms with Crippen LogP contribution in [-0.4, -0.2) is 18.5 Å². The highest BCUT2D eigenvalue weighted by atomic mass is 16.1. The molecule has 1 amide bonds. The smallest absolute Gasteiger partial charge is 0.221 e. The van der Waals surface area contributed by atoms with Crippen molar-refractivity contribution >= 4 is 17.3 Å². The second-order valence-corrected chi connectivity index (χ2v) is 5.89. The summed E-state index contributed by atoms with van der Waals surface area (Å²) in [5.41, 5.74) is 4.81. The van der Waals surface area contributed by atoms with Gasteiger partial charge in [0.05, 0.1) is 0 Å². The van der Waals surface area contributed by atoms with Gasteiger partial charge in [-0.3, -0.25) is 4.79 Å². The first-order valence-electron chi connectivity index (χ1n) is 7.66. The summed E-state index contributed by atoms with van der Waals surface area (Å²) in [4.78, 5) is 13.8. The Balaban J connectivity index is 2.50. The molecule has 3 heteroatoms. The van der Waals surface area contributed by atoms with E-state index in [1.165, 1.54) is 24.1 Å². The maximum absolute atomic E-state index is 11.3. The molecule has 0 spiro atoms. The van der Waals surface area contributed by atoms with Crippen LogP contribution in [0.1, 0.15) is 57.6 Å². The minimum Gasteiger partial charge on any atom is -0.369 e. The molecule has 1 N–H and O–H groups in total. The molecule has 0 aromatic heterocycles. The van der Waals surface area contributed by atoms with Gasteiger partial charge >= 0.3 is 0 Å². The molecule has 2 rings (SSSR count). The van der Waals surface area contributed by atoms with E-state index in [1.807, 2.05) is 0 Å². The van der Waals surface area contributed by atoms with Gasteiger partial charge in [-0.2, -0.15) is 0 Å². The Morgan fingerprint density at radius 3 is 2.65 bits per heavy atom. The van der Waals surface area contributed by atoms with E-state index in [1.54, 1.807) is 6.92 Å². The number of benzene rings is 1. The molecular formula is C17H26N2O. The van der Waals surface area contributed by atoms with Gasteiger partial charge in [-0.1, -0.05) is 19.9 Å². The molecule has 2 unspecified atom stereocenters. The fourth-order valence-corrected chi connectivity index (χ4v) is 3.36. The predicted octanol–water partition coefficient (Wildman–Crippen LogP) is 4.07. The summed E-state index contributed by atoms with van der Waals surface area (Å²) in [6, 6.07) is 5.02. The molecule has 20 heavy (non-hydrogen) atoms. The summed E-state index contributed by atoms with van der Waals surface area (Å²) >= 11 is 0. The molecule has 0 aliphatic carbocycles. The van der Waals surface area contributed by atoms with E-state index in [4.69, 9.17) is 0 Å². The molecule has 0 saturated carbocycles. The van der Waals surface area contributed by atoms with Crippen LogP contribution >= 0.6 is 0 Å². The Kier molecular flexibility index (Phi) is 4.36. The molecule has 2 atom stereocenters. The lowest BCUT2D eigenvalue weighted by molar-refractivity contribution is -0.114. The largest absolute Gasteiger partial charge is 0.369 e. The van der Waals surface area contributed by atoms with E-state index < -0.39 is 0 Å². The summed E-state index contributed by atoms with van der Waals surface area (Å²) < 4.78 is 0. The quantitative estimate of drug-likeness (QED) is 0.901. The molecule has 1 aromatic carbocycles. The second kappa shape index (κ2) is 5.86. The Morgan fingerprint density at radius 1 is 1.40 bits per heavy atom. The number of anilines is 2. The van der Waals surface area contributed by atoms with Crippen LogP contribution in [0.2, 0.25) is 0 Å². The summed E-state index contributed by atoms with van der Waals surface area (Å²) in [6.07, 6.45) is 2.39. The molecule has 1 aliphatic heterocycles. The van der Waals surface area contributed by atoms with E-state index in [0.717, 1.165) is 17.8 Å². The number of nitrogens with one attached hydrogen (secondary N) is 1. The zero-order valence-electron chi connectivity index (χ0n) is 13.3. The first-order chi connectivity index (χ1) is 9.47. The van der Waals surface area contributed by atoms with Crippen molar-refractivity contribution in [3.63, 3.8) is 0 Å². The molecule has 0 radical (unpaired) electrons. The first kappa shape index (κ1) is 14.9.